The van der Waals surface area contributed by atoms with Gasteiger partial charge < -0.3 is 9.64 Å². The topological polar surface area (TPSA) is 77.3 Å². The molecular formula is C18H20N4O3S. The molecule has 7 nitrogen and oxygen atoms in total. The summed E-state index contributed by atoms with van der Waals surface area (Å²) in [6, 6.07) is 5.74. The third kappa shape index (κ3) is 3.91. The summed E-state index contributed by atoms with van der Waals surface area (Å²) in [6.45, 7) is 4.21. The zero-order valence-electron chi connectivity index (χ0n) is 14.9. The van der Waals surface area contributed by atoms with E-state index < -0.39 is 5.97 Å². The first-order chi connectivity index (χ1) is 12.5. The van der Waals surface area contributed by atoms with E-state index in [1.165, 1.54) is 11.1 Å². The molecule has 0 aromatic carbocycles. The minimum Gasteiger partial charge on any atom is -0.452 e. The third-order valence-electron chi connectivity index (χ3n) is 3.88. The highest BCUT2D eigenvalue weighted by Crippen LogP contribution is 2.17. The molecule has 3 aromatic rings. The smallest absolute Gasteiger partial charge is 0.340 e. The summed E-state index contributed by atoms with van der Waals surface area (Å²) >= 11 is 1.58. The first-order valence-corrected chi connectivity index (χ1v) is 9.10. The van der Waals surface area contributed by atoms with Gasteiger partial charge in [0, 0.05) is 29.5 Å². The summed E-state index contributed by atoms with van der Waals surface area (Å²) in [4.78, 5) is 31.2. The first kappa shape index (κ1) is 18.1. The van der Waals surface area contributed by atoms with Crippen molar-refractivity contribution >= 4 is 34.2 Å². The number of ether oxygens (including phenoxy) is 1. The summed E-state index contributed by atoms with van der Waals surface area (Å²) in [7, 11) is 1.68. The molecule has 0 spiro atoms. The first-order valence-electron chi connectivity index (χ1n) is 8.22. The lowest BCUT2D eigenvalue weighted by Crippen LogP contribution is -2.30. The molecule has 3 aromatic heterocycles. The maximum atomic E-state index is 12.2. The SMILES string of the molecule is CC(C)n1ncc2cc(C(=O)OCC(=O)N(C)Cc3cccs3)cnc21. The molecule has 0 aliphatic carbocycles. The Morgan fingerprint density at radius 3 is 2.85 bits per heavy atom. The standard InChI is InChI=1S/C18H20N4O3S/c1-12(2)22-17-13(9-20-22)7-14(8-19-17)18(24)25-11-16(23)21(3)10-15-5-4-6-26-15/h4-9,12H,10-11H2,1-3H3. The van der Waals surface area contributed by atoms with Gasteiger partial charge in [-0.25, -0.2) is 14.5 Å². The Labute approximate surface area is 155 Å². The molecule has 0 bridgehead atoms. The van der Waals surface area contributed by atoms with Crippen LogP contribution in [0.2, 0.25) is 0 Å². The molecule has 8 heteroatoms. The molecule has 0 aliphatic heterocycles. The monoisotopic (exact) mass is 372 g/mol. The largest absolute Gasteiger partial charge is 0.452 e. The van der Waals surface area contributed by atoms with Crippen molar-refractivity contribution in [1.82, 2.24) is 19.7 Å². The minimum absolute atomic E-state index is 0.175. The average molecular weight is 372 g/mol. The maximum Gasteiger partial charge on any atom is 0.340 e. The van der Waals surface area contributed by atoms with E-state index in [1.807, 2.05) is 31.4 Å². The highest BCUT2D eigenvalue weighted by atomic mass is 32.1. The molecule has 0 N–H and O–H groups in total. The van der Waals surface area contributed by atoms with Gasteiger partial charge in [0.05, 0.1) is 18.3 Å². The van der Waals surface area contributed by atoms with Crippen LogP contribution in [0, 0.1) is 0 Å². The van der Waals surface area contributed by atoms with E-state index in [1.54, 1.807) is 35.3 Å². The lowest BCUT2D eigenvalue weighted by atomic mass is 10.2. The number of hydrogen-bond donors (Lipinski definition) is 0. The molecule has 0 fully saturated rings. The van der Waals surface area contributed by atoms with Crippen molar-refractivity contribution < 1.29 is 14.3 Å². The Morgan fingerprint density at radius 2 is 2.15 bits per heavy atom. The molecule has 26 heavy (non-hydrogen) atoms. The van der Waals surface area contributed by atoms with Gasteiger partial charge in [-0.1, -0.05) is 6.07 Å². The summed E-state index contributed by atoms with van der Waals surface area (Å²) in [5, 5.41) is 6.99. The van der Waals surface area contributed by atoms with Crippen LogP contribution in [0.5, 0.6) is 0 Å². The fourth-order valence-corrected chi connectivity index (χ4v) is 3.23. The Morgan fingerprint density at radius 1 is 1.35 bits per heavy atom. The lowest BCUT2D eigenvalue weighted by Gasteiger charge is -2.16. The van der Waals surface area contributed by atoms with E-state index in [0.29, 0.717) is 17.8 Å². The zero-order valence-corrected chi connectivity index (χ0v) is 15.7. The molecule has 136 valence electrons. The number of esters is 1. The number of thiophene rings is 1. The van der Waals surface area contributed by atoms with Crippen LogP contribution in [0.3, 0.4) is 0 Å². The van der Waals surface area contributed by atoms with Crippen molar-refractivity contribution in [1.29, 1.82) is 0 Å². The third-order valence-corrected chi connectivity index (χ3v) is 4.74. The van der Waals surface area contributed by atoms with Crippen molar-refractivity contribution in [2.75, 3.05) is 13.7 Å². The normalized spacial score (nSPS) is 11.1. The van der Waals surface area contributed by atoms with Gasteiger partial charge in [-0.15, -0.1) is 11.3 Å². The fraction of sp³-hybridized carbons (Fsp3) is 0.333. The van der Waals surface area contributed by atoms with Gasteiger partial charge in [0.15, 0.2) is 12.3 Å². The number of aromatic nitrogens is 3. The van der Waals surface area contributed by atoms with Gasteiger partial charge in [0.25, 0.3) is 5.91 Å². The van der Waals surface area contributed by atoms with Crippen LogP contribution in [0.15, 0.2) is 36.0 Å². The number of carbonyl (C=O) groups excluding carboxylic acids is 2. The molecular weight excluding hydrogens is 352 g/mol. The van der Waals surface area contributed by atoms with Crippen molar-refractivity contribution in [2.45, 2.75) is 26.4 Å². The number of nitrogens with zero attached hydrogens (tertiary/aromatic N) is 4. The number of hydrogen-bond acceptors (Lipinski definition) is 6. The van der Waals surface area contributed by atoms with Crippen LogP contribution in [-0.2, 0) is 16.1 Å². The second-order valence-electron chi connectivity index (χ2n) is 6.23. The molecule has 1 amide bonds. The number of carbonyl (C=O) groups is 2. The van der Waals surface area contributed by atoms with Gasteiger partial charge in [-0.3, -0.25) is 4.79 Å². The van der Waals surface area contributed by atoms with Crippen LogP contribution >= 0.6 is 11.3 Å². The summed E-state index contributed by atoms with van der Waals surface area (Å²) in [5.41, 5.74) is 1.01. The molecule has 3 heterocycles. The minimum atomic E-state index is -0.574. The Bertz CT molecular complexity index is 918. The Balaban J connectivity index is 1.61. The van der Waals surface area contributed by atoms with E-state index in [9.17, 15) is 9.59 Å². The van der Waals surface area contributed by atoms with E-state index >= 15 is 0 Å². The molecule has 0 saturated heterocycles. The van der Waals surface area contributed by atoms with Crippen molar-refractivity contribution in [3.8, 4) is 0 Å². The summed E-state index contributed by atoms with van der Waals surface area (Å²) < 4.78 is 6.92. The van der Waals surface area contributed by atoms with Crippen molar-refractivity contribution in [3.05, 3.63) is 46.4 Å². The lowest BCUT2D eigenvalue weighted by molar-refractivity contribution is -0.133. The fourth-order valence-electron chi connectivity index (χ4n) is 2.47. The highest BCUT2D eigenvalue weighted by Gasteiger charge is 2.16. The number of pyridine rings is 1. The predicted octanol–water partition coefficient (Wildman–Crippen LogP) is 2.89. The van der Waals surface area contributed by atoms with E-state index in [4.69, 9.17) is 4.74 Å². The summed E-state index contributed by atoms with van der Waals surface area (Å²) in [6.07, 6.45) is 3.12. The molecule has 0 unspecified atom stereocenters. The average Bonchev–Trinajstić information content (AvgIpc) is 3.27. The van der Waals surface area contributed by atoms with E-state index in [0.717, 1.165) is 10.3 Å². The van der Waals surface area contributed by atoms with Gasteiger partial charge in [-0.05, 0) is 31.4 Å². The Hall–Kier alpha value is -2.74. The van der Waals surface area contributed by atoms with Gasteiger partial charge >= 0.3 is 5.97 Å². The van der Waals surface area contributed by atoms with E-state index in [2.05, 4.69) is 10.1 Å². The van der Waals surface area contributed by atoms with Crippen LogP contribution in [0.4, 0.5) is 0 Å². The second-order valence-corrected chi connectivity index (χ2v) is 7.26. The van der Waals surface area contributed by atoms with Crippen LogP contribution in [0.1, 0.15) is 35.1 Å². The zero-order chi connectivity index (χ0) is 18.7. The number of likely N-dealkylation sites (N-methyl/N-ethyl adjacent to an activating group) is 1. The van der Waals surface area contributed by atoms with Crippen LogP contribution in [-0.4, -0.2) is 45.2 Å². The maximum absolute atomic E-state index is 12.2. The van der Waals surface area contributed by atoms with Gasteiger partial charge in [-0.2, -0.15) is 5.10 Å². The van der Waals surface area contributed by atoms with Gasteiger partial charge in [0.1, 0.15) is 0 Å². The van der Waals surface area contributed by atoms with Gasteiger partial charge in [0.2, 0.25) is 0 Å². The molecule has 3 rings (SSSR count). The van der Waals surface area contributed by atoms with Crippen LogP contribution in [0.25, 0.3) is 11.0 Å². The number of fused-ring (bicyclic) bond motifs is 1. The van der Waals surface area contributed by atoms with Crippen LogP contribution < -0.4 is 0 Å². The molecule has 0 atom stereocenters. The summed E-state index contributed by atoms with van der Waals surface area (Å²) in [5.74, 6) is -0.831. The second kappa shape index (κ2) is 7.65. The van der Waals surface area contributed by atoms with E-state index in [-0.39, 0.29) is 18.6 Å². The Kier molecular flexibility index (Phi) is 5.32. The van der Waals surface area contributed by atoms with Crippen molar-refractivity contribution in [3.63, 3.8) is 0 Å². The quantitative estimate of drug-likeness (QED) is 0.622. The number of rotatable bonds is 6. The predicted molar refractivity (Wildman–Crippen MR) is 99.0 cm³/mol. The molecule has 0 saturated carbocycles. The number of amides is 1. The van der Waals surface area contributed by atoms with Crippen molar-refractivity contribution in [2.24, 2.45) is 0 Å². The molecule has 0 aliphatic rings. The highest BCUT2D eigenvalue weighted by molar-refractivity contribution is 7.09. The molecule has 0 radical (unpaired) electrons.